The molecule has 33 heavy (non-hydrogen) atoms. The van der Waals surface area contributed by atoms with Crippen molar-refractivity contribution >= 4 is 17.6 Å². The van der Waals surface area contributed by atoms with Gasteiger partial charge in [0, 0.05) is 24.7 Å². The van der Waals surface area contributed by atoms with Gasteiger partial charge in [0.25, 0.3) is 0 Å². The molecule has 0 amide bonds. The number of ketones is 1. The van der Waals surface area contributed by atoms with Crippen molar-refractivity contribution in [1.29, 1.82) is 0 Å². The monoisotopic (exact) mass is 446 g/mol. The van der Waals surface area contributed by atoms with Gasteiger partial charge in [0.2, 0.25) is 0 Å². The summed E-state index contributed by atoms with van der Waals surface area (Å²) in [7, 11) is 0. The predicted molar refractivity (Wildman–Crippen MR) is 129 cm³/mol. The maximum atomic E-state index is 12.8. The van der Waals surface area contributed by atoms with E-state index in [0.717, 1.165) is 41.2 Å². The number of carboxylic acids is 1. The standard InChI is InChI=1S/C27H30N2O4/c1-19-7-5-8-20(2)26(19)24(30)18-22(27(31)32)17-21-10-12-23(13-11-21)33-16-6-15-29-25-9-3-4-14-28-25/h3-5,7-14,22H,6,15-18H2,1-2H3,(H,28,29)(H,31,32). The zero-order valence-electron chi connectivity index (χ0n) is 19.1. The fourth-order valence-corrected chi connectivity index (χ4v) is 3.78. The summed E-state index contributed by atoms with van der Waals surface area (Å²) in [6.07, 6.45) is 2.83. The molecule has 2 aromatic carbocycles. The Hall–Kier alpha value is -3.67. The van der Waals surface area contributed by atoms with Crippen LogP contribution in [0, 0.1) is 19.8 Å². The van der Waals surface area contributed by atoms with Crippen LogP contribution in [0.2, 0.25) is 0 Å². The molecule has 1 aromatic heterocycles. The summed E-state index contributed by atoms with van der Waals surface area (Å²) in [5.41, 5.74) is 3.24. The van der Waals surface area contributed by atoms with Gasteiger partial charge >= 0.3 is 5.97 Å². The van der Waals surface area contributed by atoms with Gasteiger partial charge < -0.3 is 15.2 Å². The number of hydrogen-bond acceptors (Lipinski definition) is 5. The molecular formula is C27H30N2O4. The van der Waals surface area contributed by atoms with E-state index in [9.17, 15) is 14.7 Å². The number of aromatic nitrogens is 1. The zero-order chi connectivity index (χ0) is 23.6. The highest BCUT2D eigenvalue weighted by atomic mass is 16.5. The molecule has 2 N–H and O–H groups in total. The van der Waals surface area contributed by atoms with Crippen molar-refractivity contribution in [3.63, 3.8) is 0 Å². The lowest BCUT2D eigenvalue weighted by atomic mass is 9.89. The summed E-state index contributed by atoms with van der Waals surface area (Å²) in [6.45, 7) is 5.07. The van der Waals surface area contributed by atoms with Crippen LogP contribution in [0.3, 0.4) is 0 Å². The topological polar surface area (TPSA) is 88.5 Å². The predicted octanol–water partition coefficient (Wildman–Crippen LogP) is 5.10. The van der Waals surface area contributed by atoms with Crippen molar-refractivity contribution in [1.82, 2.24) is 4.98 Å². The van der Waals surface area contributed by atoms with E-state index in [2.05, 4.69) is 10.3 Å². The maximum absolute atomic E-state index is 12.8. The van der Waals surface area contributed by atoms with E-state index in [4.69, 9.17) is 4.74 Å². The summed E-state index contributed by atoms with van der Waals surface area (Å²) >= 11 is 0. The van der Waals surface area contributed by atoms with Crippen LogP contribution in [-0.4, -0.2) is 35.0 Å². The molecule has 6 nitrogen and oxygen atoms in total. The molecule has 0 bridgehead atoms. The number of ether oxygens (including phenoxy) is 1. The summed E-state index contributed by atoms with van der Waals surface area (Å²) in [5.74, 6) is -0.297. The van der Waals surface area contributed by atoms with E-state index in [0.29, 0.717) is 18.6 Å². The Morgan fingerprint density at radius 2 is 1.73 bits per heavy atom. The van der Waals surface area contributed by atoms with Gasteiger partial charge in [-0.05, 0) is 67.6 Å². The molecule has 3 aromatic rings. The van der Waals surface area contributed by atoms with Gasteiger partial charge in [-0.2, -0.15) is 0 Å². The minimum Gasteiger partial charge on any atom is -0.494 e. The number of pyridine rings is 1. The Labute approximate surface area is 194 Å². The van der Waals surface area contributed by atoms with Gasteiger partial charge in [-0.25, -0.2) is 4.98 Å². The summed E-state index contributed by atoms with van der Waals surface area (Å²) in [6, 6.07) is 18.8. The van der Waals surface area contributed by atoms with Gasteiger partial charge in [-0.1, -0.05) is 36.4 Å². The Balaban J connectivity index is 1.49. The van der Waals surface area contributed by atoms with E-state index < -0.39 is 11.9 Å². The first-order valence-corrected chi connectivity index (χ1v) is 11.1. The number of carbonyl (C=O) groups excluding carboxylic acids is 1. The Morgan fingerprint density at radius 3 is 2.36 bits per heavy atom. The lowest BCUT2D eigenvalue weighted by Gasteiger charge is -2.14. The number of aliphatic carboxylic acids is 1. The first-order chi connectivity index (χ1) is 15.9. The van der Waals surface area contributed by atoms with Crippen LogP contribution in [0.5, 0.6) is 5.75 Å². The van der Waals surface area contributed by atoms with Crippen molar-refractivity contribution in [3.8, 4) is 5.75 Å². The van der Waals surface area contributed by atoms with Crippen molar-refractivity contribution in [2.45, 2.75) is 33.1 Å². The Bertz CT molecular complexity index is 1040. The van der Waals surface area contributed by atoms with Crippen molar-refractivity contribution < 1.29 is 19.4 Å². The number of nitrogens with one attached hydrogen (secondary N) is 1. The average molecular weight is 447 g/mol. The smallest absolute Gasteiger partial charge is 0.307 e. The van der Waals surface area contributed by atoms with Crippen LogP contribution in [0.4, 0.5) is 5.82 Å². The molecule has 3 rings (SSSR count). The van der Waals surface area contributed by atoms with E-state index in [-0.39, 0.29) is 12.2 Å². The van der Waals surface area contributed by atoms with Gasteiger partial charge in [0.1, 0.15) is 11.6 Å². The third-order valence-corrected chi connectivity index (χ3v) is 5.51. The first kappa shape index (κ1) is 24.0. The second-order valence-corrected chi connectivity index (χ2v) is 8.12. The van der Waals surface area contributed by atoms with E-state index in [1.165, 1.54) is 0 Å². The molecule has 0 saturated heterocycles. The van der Waals surface area contributed by atoms with E-state index in [1.54, 1.807) is 6.20 Å². The maximum Gasteiger partial charge on any atom is 0.307 e. The lowest BCUT2D eigenvalue weighted by Crippen LogP contribution is -2.21. The summed E-state index contributed by atoms with van der Waals surface area (Å²) < 4.78 is 5.77. The number of benzene rings is 2. The molecule has 0 radical (unpaired) electrons. The van der Waals surface area contributed by atoms with Crippen LogP contribution in [0.25, 0.3) is 0 Å². The van der Waals surface area contributed by atoms with Crippen molar-refractivity contribution in [2.24, 2.45) is 5.92 Å². The third-order valence-electron chi connectivity index (χ3n) is 5.51. The van der Waals surface area contributed by atoms with Crippen molar-refractivity contribution in [2.75, 3.05) is 18.5 Å². The van der Waals surface area contributed by atoms with Crippen LogP contribution in [0.15, 0.2) is 66.9 Å². The molecule has 0 spiro atoms. The normalized spacial score (nSPS) is 11.6. The number of Topliss-reactive ketones (excluding diaryl/α,β-unsaturated/α-hetero) is 1. The molecule has 172 valence electrons. The first-order valence-electron chi connectivity index (χ1n) is 11.1. The molecule has 0 aliphatic heterocycles. The van der Waals surface area contributed by atoms with Crippen molar-refractivity contribution in [3.05, 3.63) is 89.1 Å². The average Bonchev–Trinajstić information content (AvgIpc) is 2.80. The van der Waals surface area contributed by atoms with E-state index in [1.807, 2.05) is 74.5 Å². The zero-order valence-corrected chi connectivity index (χ0v) is 19.1. The fourth-order valence-electron chi connectivity index (χ4n) is 3.78. The second-order valence-electron chi connectivity index (χ2n) is 8.12. The largest absolute Gasteiger partial charge is 0.494 e. The fraction of sp³-hybridized carbons (Fsp3) is 0.296. The van der Waals surface area contributed by atoms with Crippen LogP contribution >= 0.6 is 0 Å². The number of carbonyl (C=O) groups is 2. The minimum absolute atomic E-state index is 0.0252. The minimum atomic E-state index is -0.963. The molecule has 6 heteroatoms. The van der Waals surface area contributed by atoms with Gasteiger partial charge in [0.05, 0.1) is 12.5 Å². The van der Waals surface area contributed by atoms with Gasteiger partial charge in [0.15, 0.2) is 5.78 Å². The quantitative estimate of drug-likeness (QED) is 0.297. The molecule has 0 aliphatic carbocycles. The number of nitrogens with zero attached hydrogens (tertiary/aromatic N) is 1. The van der Waals surface area contributed by atoms with Gasteiger partial charge in [-0.3, -0.25) is 9.59 Å². The molecule has 0 fully saturated rings. The molecule has 0 aliphatic rings. The Morgan fingerprint density at radius 1 is 1.00 bits per heavy atom. The SMILES string of the molecule is Cc1cccc(C)c1C(=O)CC(Cc1ccc(OCCCNc2ccccn2)cc1)C(=O)O. The Kier molecular flexibility index (Phi) is 8.58. The lowest BCUT2D eigenvalue weighted by molar-refractivity contribution is -0.141. The van der Waals surface area contributed by atoms with Gasteiger partial charge in [-0.15, -0.1) is 0 Å². The molecule has 1 heterocycles. The van der Waals surface area contributed by atoms with Crippen LogP contribution in [0.1, 0.15) is 39.9 Å². The number of carboxylic acid groups (broad SMARTS) is 1. The highest BCUT2D eigenvalue weighted by Crippen LogP contribution is 2.22. The molecular weight excluding hydrogens is 416 g/mol. The van der Waals surface area contributed by atoms with Crippen LogP contribution in [-0.2, 0) is 11.2 Å². The number of aryl methyl sites for hydroxylation is 2. The summed E-state index contributed by atoms with van der Waals surface area (Å²) in [5, 5.41) is 12.9. The van der Waals surface area contributed by atoms with Crippen LogP contribution < -0.4 is 10.1 Å². The second kappa shape index (κ2) is 11.8. The highest BCUT2D eigenvalue weighted by Gasteiger charge is 2.24. The number of hydrogen-bond donors (Lipinski definition) is 2. The molecule has 1 atom stereocenters. The number of anilines is 1. The molecule has 1 unspecified atom stereocenters. The summed E-state index contributed by atoms with van der Waals surface area (Å²) in [4.78, 5) is 28.8. The third kappa shape index (κ3) is 7.17. The molecule has 0 saturated carbocycles. The number of rotatable bonds is 12. The van der Waals surface area contributed by atoms with E-state index >= 15 is 0 Å². The highest BCUT2D eigenvalue weighted by molar-refractivity contribution is 6.00.